The highest BCUT2D eigenvalue weighted by Gasteiger charge is 2.28. The fraction of sp³-hybridized carbons (Fsp3) is 0.706. The number of amides is 1. The third-order valence-electron chi connectivity index (χ3n) is 4.88. The van der Waals surface area contributed by atoms with E-state index in [2.05, 4.69) is 21.9 Å². The summed E-state index contributed by atoms with van der Waals surface area (Å²) < 4.78 is 5.81. The molecular formula is C17H26N4O2. The summed E-state index contributed by atoms with van der Waals surface area (Å²) in [4.78, 5) is 25.3. The molecule has 1 aromatic heterocycles. The molecule has 0 aromatic carbocycles. The minimum atomic E-state index is -0.147. The standard InChI is InChI=1S/C17H26N4O2/c1-13-18-8-7-15(19-13)16-11-21(9-10-23-16)17(22)12-20(2)14-5-3-4-6-14/h7-8,14,16H,3-6,9-12H2,1-2H3. The number of hydrogen-bond acceptors (Lipinski definition) is 5. The first-order valence-electron chi connectivity index (χ1n) is 8.52. The van der Waals surface area contributed by atoms with Crippen LogP contribution in [-0.2, 0) is 9.53 Å². The van der Waals surface area contributed by atoms with Crippen LogP contribution < -0.4 is 0 Å². The molecule has 1 atom stereocenters. The molecule has 0 bridgehead atoms. The van der Waals surface area contributed by atoms with Crippen molar-refractivity contribution in [1.29, 1.82) is 0 Å². The van der Waals surface area contributed by atoms with Gasteiger partial charge in [-0.2, -0.15) is 0 Å². The average molecular weight is 318 g/mol. The lowest BCUT2D eigenvalue weighted by Gasteiger charge is -2.34. The lowest BCUT2D eigenvalue weighted by molar-refractivity contribution is -0.140. The summed E-state index contributed by atoms with van der Waals surface area (Å²) in [6, 6.07) is 2.44. The van der Waals surface area contributed by atoms with Crippen LogP contribution in [-0.4, -0.2) is 65.0 Å². The molecular weight excluding hydrogens is 292 g/mol. The van der Waals surface area contributed by atoms with Crippen LogP contribution in [0, 0.1) is 6.92 Å². The molecule has 1 unspecified atom stereocenters. The van der Waals surface area contributed by atoms with Crippen LogP contribution >= 0.6 is 0 Å². The molecule has 0 spiro atoms. The minimum absolute atomic E-state index is 0.147. The lowest BCUT2D eigenvalue weighted by Crippen LogP contribution is -2.47. The molecule has 1 saturated heterocycles. The Morgan fingerprint density at radius 3 is 2.96 bits per heavy atom. The van der Waals surface area contributed by atoms with Gasteiger partial charge in [0.1, 0.15) is 11.9 Å². The van der Waals surface area contributed by atoms with E-state index in [1.165, 1.54) is 25.7 Å². The maximum atomic E-state index is 12.6. The Morgan fingerprint density at radius 1 is 1.43 bits per heavy atom. The number of nitrogens with zero attached hydrogens (tertiary/aromatic N) is 4. The second kappa shape index (κ2) is 7.36. The maximum absolute atomic E-state index is 12.6. The van der Waals surface area contributed by atoms with Gasteiger partial charge in [0.05, 0.1) is 25.4 Å². The molecule has 1 aromatic rings. The molecule has 0 radical (unpaired) electrons. The van der Waals surface area contributed by atoms with Crippen LogP contribution in [0.1, 0.15) is 43.3 Å². The van der Waals surface area contributed by atoms with Gasteiger partial charge in [-0.25, -0.2) is 9.97 Å². The first-order valence-corrected chi connectivity index (χ1v) is 8.52. The zero-order valence-electron chi connectivity index (χ0n) is 14.1. The van der Waals surface area contributed by atoms with Crippen LogP contribution in [0.4, 0.5) is 0 Å². The van der Waals surface area contributed by atoms with Crippen molar-refractivity contribution in [3.05, 3.63) is 23.8 Å². The second-order valence-corrected chi connectivity index (χ2v) is 6.58. The molecule has 6 heteroatoms. The smallest absolute Gasteiger partial charge is 0.236 e. The van der Waals surface area contributed by atoms with Gasteiger partial charge in [0.25, 0.3) is 0 Å². The number of likely N-dealkylation sites (N-methyl/N-ethyl adjacent to an activating group) is 1. The van der Waals surface area contributed by atoms with Gasteiger partial charge in [-0.1, -0.05) is 12.8 Å². The van der Waals surface area contributed by atoms with Gasteiger partial charge >= 0.3 is 0 Å². The van der Waals surface area contributed by atoms with E-state index in [0.717, 1.165) is 11.5 Å². The van der Waals surface area contributed by atoms with Gasteiger partial charge in [-0.3, -0.25) is 9.69 Å². The van der Waals surface area contributed by atoms with Crippen molar-refractivity contribution < 1.29 is 9.53 Å². The quantitative estimate of drug-likeness (QED) is 0.843. The van der Waals surface area contributed by atoms with Crippen LogP contribution in [0.5, 0.6) is 0 Å². The average Bonchev–Trinajstić information content (AvgIpc) is 3.09. The number of carbonyl (C=O) groups excluding carboxylic acids is 1. The highest BCUT2D eigenvalue weighted by molar-refractivity contribution is 5.78. The van der Waals surface area contributed by atoms with Gasteiger partial charge in [-0.05, 0) is 32.9 Å². The Morgan fingerprint density at radius 2 is 2.22 bits per heavy atom. The Kier molecular flexibility index (Phi) is 5.23. The Hall–Kier alpha value is -1.53. The van der Waals surface area contributed by atoms with Gasteiger partial charge in [-0.15, -0.1) is 0 Å². The number of morpholine rings is 1. The number of aromatic nitrogens is 2. The summed E-state index contributed by atoms with van der Waals surface area (Å²) in [6.07, 6.45) is 6.61. The molecule has 1 amide bonds. The number of rotatable bonds is 4. The highest BCUT2D eigenvalue weighted by atomic mass is 16.5. The van der Waals surface area contributed by atoms with Gasteiger partial charge < -0.3 is 9.64 Å². The number of hydrogen-bond donors (Lipinski definition) is 0. The van der Waals surface area contributed by atoms with Gasteiger partial charge in [0, 0.05) is 18.8 Å². The summed E-state index contributed by atoms with van der Waals surface area (Å²) in [6.45, 7) is 4.17. The Labute approximate surface area is 137 Å². The van der Waals surface area contributed by atoms with E-state index >= 15 is 0 Å². The largest absolute Gasteiger partial charge is 0.368 e. The van der Waals surface area contributed by atoms with Crippen molar-refractivity contribution in [1.82, 2.24) is 19.8 Å². The molecule has 6 nitrogen and oxygen atoms in total. The van der Waals surface area contributed by atoms with Gasteiger partial charge in [0.2, 0.25) is 5.91 Å². The molecule has 2 heterocycles. The first kappa shape index (κ1) is 16.3. The molecule has 0 N–H and O–H groups in total. The van der Waals surface area contributed by atoms with Crippen LogP contribution in [0.15, 0.2) is 12.3 Å². The van der Waals surface area contributed by atoms with E-state index in [-0.39, 0.29) is 12.0 Å². The van der Waals surface area contributed by atoms with E-state index in [1.807, 2.05) is 17.9 Å². The Balaban J connectivity index is 1.58. The van der Waals surface area contributed by atoms with Crippen LogP contribution in [0.3, 0.4) is 0 Å². The molecule has 1 aliphatic carbocycles. The third-order valence-corrected chi connectivity index (χ3v) is 4.88. The summed E-state index contributed by atoms with van der Waals surface area (Å²) in [5, 5.41) is 0. The summed E-state index contributed by atoms with van der Waals surface area (Å²) in [5.74, 6) is 0.925. The number of carbonyl (C=O) groups is 1. The highest BCUT2D eigenvalue weighted by Crippen LogP contribution is 2.23. The van der Waals surface area contributed by atoms with E-state index in [0.29, 0.717) is 32.3 Å². The summed E-state index contributed by atoms with van der Waals surface area (Å²) >= 11 is 0. The molecule has 126 valence electrons. The first-order chi connectivity index (χ1) is 11.1. The van der Waals surface area contributed by atoms with Crippen molar-refractivity contribution >= 4 is 5.91 Å². The lowest BCUT2D eigenvalue weighted by atomic mass is 10.2. The van der Waals surface area contributed by atoms with E-state index in [4.69, 9.17) is 4.74 Å². The van der Waals surface area contributed by atoms with Crippen molar-refractivity contribution in [3.63, 3.8) is 0 Å². The van der Waals surface area contributed by atoms with E-state index in [9.17, 15) is 4.79 Å². The predicted octanol–water partition coefficient (Wildman–Crippen LogP) is 1.56. The van der Waals surface area contributed by atoms with Crippen molar-refractivity contribution in [2.24, 2.45) is 0 Å². The number of ether oxygens (including phenoxy) is 1. The van der Waals surface area contributed by atoms with E-state index in [1.54, 1.807) is 6.20 Å². The zero-order chi connectivity index (χ0) is 16.2. The van der Waals surface area contributed by atoms with Crippen LogP contribution in [0.2, 0.25) is 0 Å². The summed E-state index contributed by atoms with van der Waals surface area (Å²) in [7, 11) is 2.07. The third kappa shape index (κ3) is 4.06. The van der Waals surface area contributed by atoms with Gasteiger partial charge in [0.15, 0.2) is 0 Å². The van der Waals surface area contributed by atoms with Crippen molar-refractivity contribution in [2.45, 2.75) is 44.8 Å². The van der Waals surface area contributed by atoms with Crippen molar-refractivity contribution in [2.75, 3.05) is 33.3 Å². The normalized spacial score (nSPS) is 22.7. The molecule has 1 aliphatic heterocycles. The minimum Gasteiger partial charge on any atom is -0.368 e. The van der Waals surface area contributed by atoms with Crippen molar-refractivity contribution in [3.8, 4) is 0 Å². The second-order valence-electron chi connectivity index (χ2n) is 6.58. The fourth-order valence-corrected chi connectivity index (χ4v) is 3.50. The summed E-state index contributed by atoms with van der Waals surface area (Å²) in [5.41, 5.74) is 0.860. The molecule has 2 aliphatic rings. The fourth-order valence-electron chi connectivity index (χ4n) is 3.50. The predicted molar refractivity (Wildman–Crippen MR) is 86.9 cm³/mol. The van der Waals surface area contributed by atoms with Crippen LogP contribution in [0.25, 0.3) is 0 Å². The maximum Gasteiger partial charge on any atom is 0.236 e. The molecule has 3 rings (SSSR count). The Bertz CT molecular complexity index is 545. The number of aryl methyl sites for hydroxylation is 1. The van der Waals surface area contributed by atoms with E-state index < -0.39 is 0 Å². The molecule has 1 saturated carbocycles. The molecule has 2 fully saturated rings. The monoisotopic (exact) mass is 318 g/mol. The SMILES string of the molecule is Cc1nccc(C2CN(C(=O)CN(C)C3CCCC3)CCO2)n1. The zero-order valence-corrected chi connectivity index (χ0v) is 14.1. The topological polar surface area (TPSA) is 58.6 Å². The molecule has 23 heavy (non-hydrogen) atoms.